The molecule has 20 heavy (non-hydrogen) atoms. The number of ether oxygens (including phenoxy) is 2. The number of hydrogen-bond donors (Lipinski definition) is 1. The molecule has 0 bridgehead atoms. The molecule has 2 N–H and O–H groups in total. The third-order valence-electron chi connectivity index (χ3n) is 3.87. The summed E-state index contributed by atoms with van der Waals surface area (Å²) in [6.45, 7) is 7.25. The lowest BCUT2D eigenvalue weighted by Crippen LogP contribution is -2.39. The highest BCUT2D eigenvalue weighted by Crippen LogP contribution is 2.33. The minimum absolute atomic E-state index is 0.0993. The van der Waals surface area contributed by atoms with Crippen LogP contribution in [0.25, 0.3) is 0 Å². The van der Waals surface area contributed by atoms with Crippen molar-refractivity contribution < 1.29 is 9.47 Å². The van der Waals surface area contributed by atoms with E-state index in [-0.39, 0.29) is 5.54 Å². The molecule has 1 aromatic rings. The van der Waals surface area contributed by atoms with E-state index in [0.717, 1.165) is 44.0 Å². The number of rotatable bonds is 5. The highest BCUT2D eigenvalue weighted by atomic mass is 16.5. The monoisotopic (exact) mass is 278 g/mol. The third-order valence-corrected chi connectivity index (χ3v) is 3.87. The SMILES string of the molecule is COc1cc2c(cc1OC)CN(CCC(C)(C)N)CC2. The molecule has 0 spiro atoms. The van der Waals surface area contributed by atoms with Gasteiger partial charge >= 0.3 is 0 Å². The molecule has 0 radical (unpaired) electrons. The summed E-state index contributed by atoms with van der Waals surface area (Å²) in [4.78, 5) is 2.46. The van der Waals surface area contributed by atoms with Crippen LogP contribution in [0, 0.1) is 0 Å². The van der Waals surface area contributed by atoms with E-state index in [4.69, 9.17) is 15.2 Å². The smallest absolute Gasteiger partial charge is 0.161 e. The van der Waals surface area contributed by atoms with Gasteiger partial charge in [0.25, 0.3) is 0 Å². The molecular weight excluding hydrogens is 252 g/mol. The Balaban J connectivity index is 2.09. The van der Waals surface area contributed by atoms with Crippen molar-refractivity contribution in [2.24, 2.45) is 5.73 Å². The fourth-order valence-corrected chi connectivity index (χ4v) is 2.58. The molecule has 1 aromatic carbocycles. The van der Waals surface area contributed by atoms with Crippen LogP contribution < -0.4 is 15.2 Å². The van der Waals surface area contributed by atoms with Gasteiger partial charge < -0.3 is 15.2 Å². The number of methoxy groups -OCH3 is 2. The summed E-state index contributed by atoms with van der Waals surface area (Å²) in [5.41, 5.74) is 8.67. The summed E-state index contributed by atoms with van der Waals surface area (Å²) in [7, 11) is 3.37. The van der Waals surface area contributed by atoms with Crippen molar-refractivity contribution in [3.05, 3.63) is 23.3 Å². The van der Waals surface area contributed by atoms with Gasteiger partial charge in [0.15, 0.2) is 11.5 Å². The van der Waals surface area contributed by atoms with Gasteiger partial charge in [0.1, 0.15) is 0 Å². The molecule has 0 saturated heterocycles. The van der Waals surface area contributed by atoms with E-state index in [1.54, 1.807) is 14.2 Å². The largest absolute Gasteiger partial charge is 0.493 e. The van der Waals surface area contributed by atoms with Crippen molar-refractivity contribution in [1.29, 1.82) is 0 Å². The van der Waals surface area contributed by atoms with E-state index in [0.29, 0.717) is 0 Å². The Bertz CT molecular complexity index is 466. The zero-order chi connectivity index (χ0) is 14.8. The highest BCUT2D eigenvalue weighted by Gasteiger charge is 2.21. The minimum atomic E-state index is -0.0993. The van der Waals surface area contributed by atoms with Crippen LogP contribution in [0.5, 0.6) is 11.5 Å². The first-order valence-electron chi connectivity index (χ1n) is 7.18. The first kappa shape index (κ1) is 15.1. The molecule has 1 aliphatic rings. The van der Waals surface area contributed by atoms with Crippen molar-refractivity contribution in [2.75, 3.05) is 27.3 Å². The van der Waals surface area contributed by atoms with Crippen molar-refractivity contribution in [3.63, 3.8) is 0 Å². The molecule has 4 nitrogen and oxygen atoms in total. The quantitative estimate of drug-likeness (QED) is 0.897. The van der Waals surface area contributed by atoms with E-state index in [1.165, 1.54) is 11.1 Å². The summed E-state index contributed by atoms with van der Waals surface area (Å²) in [6, 6.07) is 4.21. The van der Waals surface area contributed by atoms with E-state index in [9.17, 15) is 0 Å². The molecule has 0 saturated carbocycles. The first-order chi connectivity index (χ1) is 9.43. The molecule has 0 amide bonds. The summed E-state index contributed by atoms with van der Waals surface area (Å²) in [5.74, 6) is 1.63. The van der Waals surface area contributed by atoms with Crippen LogP contribution in [0.4, 0.5) is 0 Å². The Hall–Kier alpha value is -1.26. The molecule has 112 valence electrons. The van der Waals surface area contributed by atoms with Gasteiger partial charge in [-0.3, -0.25) is 4.90 Å². The number of hydrogen-bond acceptors (Lipinski definition) is 4. The maximum absolute atomic E-state index is 6.07. The minimum Gasteiger partial charge on any atom is -0.493 e. The highest BCUT2D eigenvalue weighted by molar-refractivity contribution is 5.48. The Morgan fingerprint density at radius 1 is 1.15 bits per heavy atom. The van der Waals surface area contributed by atoms with E-state index >= 15 is 0 Å². The molecule has 0 atom stereocenters. The van der Waals surface area contributed by atoms with Crippen LogP contribution in [0.1, 0.15) is 31.4 Å². The molecule has 0 fully saturated rings. The molecular formula is C16H26N2O2. The van der Waals surface area contributed by atoms with Crippen LogP contribution in [0.3, 0.4) is 0 Å². The summed E-state index contributed by atoms with van der Waals surface area (Å²) in [6.07, 6.45) is 2.07. The van der Waals surface area contributed by atoms with Gasteiger partial charge in [-0.05, 0) is 49.9 Å². The van der Waals surface area contributed by atoms with Crippen molar-refractivity contribution in [2.45, 2.75) is 38.8 Å². The average molecular weight is 278 g/mol. The molecule has 1 heterocycles. The van der Waals surface area contributed by atoms with Gasteiger partial charge in [-0.25, -0.2) is 0 Å². The second kappa shape index (κ2) is 6.02. The molecule has 2 rings (SSSR count). The average Bonchev–Trinajstić information content (AvgIpc) is 2.42. The van der Waals surface area contributed by atoms with Gasteiger partial charge in [-0.15, -0.1) is 0 Å². The van der Waals surface area contributed by atoms with Gasteiger partial charge in [-0.2, -0.15) is 0 Å². The van der Waals surface area contributed by atoms with Crippen molar-refractivity contribution >= 4 is 0 Å². The van der Waals surface area contributed by atoms with Gasteiger partial charge in [0.2, 0.25) is 0 Å². The third kappa shape index (κ3) is 3.64. The van der Waals surface area contributed by atoms with Crippen LogP contribution in [-0.2, 0) is 13.0 Å². The number of nitrogens with two attached hydrogens (primary N) is 1. The van der Waals surface area contributed by atoms with Crippen LogP contribution >= 0.6 is 0 Å². The Kier molecular flexibility index (Phi) is 4.55. The molecule has 1 aliphatic heterocycles. The molecule has 0 unspecified atom stereocenters. The standard InChI is InChI=1S/C16H26N2O2/c1-16(2,17)6-8-18-7-5-12-9-14(19-3)15(20-4)10-13(12)11-18/h9-10H,5-8,11,17H2,1-4H3. The fraction of sp³-hybridized carbons (Fsp3) is 0.625. The number of fused-ring (bicyclic) bond motifs is 1. The number of nitrogens with zero attached hydrogens (tertiary/aromatic N) is 1. The summed E-state index contributed by atoms with van der Waals surface area (Å²) in [5, 5.41) is 0. The number of benzene rings is 1. The van der Waals surface area contributed by atoms with E-state index in [2.05, 4.69) is 30.9 Å². The predicted octanol–water partition coefficient (Wildman–Crippen LogP) is 2.19. The van der Waals surface area contributed by atoms with Gasteiger partial charge in [0.05, 0.1) is 14.2 Å². The lowest BCUT2D eigenvalue weighted by molar-refractivity contribution is 0.230. The normalized spacial score (nSPS) is 15.8. The second-order valence-electron chi connectivity index (χ2n) is 6.24. The zero-order valence-corrected chi connectivity index (χ0v) is 13.0. The van der Waals surface area contributed by atoms with Crippen LogP contribution in [0.2, 0.25) is 0 Å². The molecule has 0 aromatic heterocycles. The lowest BCUT2D eigenvalue weighted by atomic mass is 9.97. The molecule has 4 heteroatoms. The van der Waals surface area contributed by atoms with Crippen LogP contribution in [-0.4, -0.2) is 37.7 Å². The zero-order valence-electron chi connectivity index (χ0n) is 13.0. The summed E-state index contributed by atoms with van der Waals surface area (Å²) >= 11 is 0. The van der Waals surface area contributed by atoms with Crippen molar-refractivity contribution in [3.8, 4) is 11.5 Å². The first-order valence-corrected chi connectivity index (χ1v) is 7.18. The van der Waals surface area contributed by atoms with Crippen molar-refractivity contribution in [1.82, 2.24) is 4.90 Å². The van der Waals surface area contributed by atoms with Gasteiger partial charge in [-0.1, -0.05) is 0 Å². The Labute approximate surface area is 121 Å². The van der Waals surface area contributed by atoms with E-state index < -0.39 is 0 Å². The topological polar surface area (TPSA) is 47.7 Å². The summed E-state index contributed by atoms with van der Waals surface area (Å²) < 4.78 is 10.8. The maximum atomic E-state index is 6.07. The second-order valence-corrected chi connectivity index (χ2v) is 6.24. The van der Waals surface area contributed by atoms with Gasteiger partial charge in [0, 0.05) is 25.2 Å². The Morgan fingerprint density at radius 3 is 2.30 bits per heavy atom. The lowest BCUT2D eigenvalue weighted by Gasteiger charge is -2.31. The predicted molar refractivity (Wildman–Crippen MR) is 81.4 cm³/mol. The fourth-order valence-electron chi connectivity index (χ4n) is 2.58. The molecule has 0 aliphatic carbocycles. The Morgan fingerprint density at radius 2 is 1.75 bits per heavy atom. The van der Waals surface area contributed by atoms with E-state index in [1.807, 2.05) is 0 Å². The van der Waals surface area contributed by atoms with Crippen LogP contribution in [0.15, 0.2) is 12.1 Å². The maximum Gasteiger partial charge on any atom is 0.161 e.